The Morgan fingerprint density at radius 2 is 1.81 bits per heavy atom. The molecule has 1 aromatic heterocycles. The molecule has 0 unspecified atom stereocenters. The fourth-order valence-electron chi connectivity index (χ4n) is 2.19. The summed E-state index contributed by atoms with van der Waals surface area (Å²) in [7, 11) is 1.94. The van der Waals surface area contributed by atoms with E-state index < -0.39 is 0 Å². The van der Waals surface area contributed by atoms with Gasteiger partial charge in [-0.25, -0.2) is 10.8 Å². The van der Waals surface area contributed by atoms with Crippen molar-refractivity contribution in [3.8, 4) is 0 Å². The fourth-order valence-corrected chi connectivity index (χ4v) is 2.41. The Balaban J connectivity index is 2.24. The third-order valence-corrected chi connectivity index (χ3v) is 3.55. The van der Waals surface area contributed by atoms with E-state index >= 15 is 0 Å². The molecule has 2 aromatic carbocycles. The van der Waals surface area contributed by atoms with Crippen LogP contribution in [0, 0.1) is 0 Å². The first-order valence-electron chi connectivity index (χ1n) is 6.42. The van der Waals surface area contributed by atoms with Crippen LogP contribution in [0.25, 0.3) is 10.9 Å². The molecule has 0 fully saturated rings. The zero-order valence-corrected chi connectivity index (χ0v) is 12.2. The van der Waals surface area contributed by atoms with E-state index in [0.29, 0.717) is 16.5 Å². The van der Waals surface area contributed by atoms with Crippen LogP contribution < -0.4 is 16.2 Å². The van der Waals surface area contributed by atoms with Gasteiger partial charge in [0.05, 0.1) is 10.5 Å². The normalized spacial score (nSPS) is 10.6. The van der Waals surface area contributed by atoms with Gasteiger partial charge < -0.3 is 4.90 Å². The monoisotopic (exact) mass is 299 g/mol. The number of anilines is 3. The lowest BCUT2D eigenvalue weighted by atomic mass is 10.2. The van der Waals surface area contributed by atoms with Crippen LogP contribution in [0.15, 0.2) is 48.5 Å². The summed E-state index contributed by atoms with van der Waals surface area (Å²) in [5.74, 6) is 6.53. The molecule has 21 heavy (non-hydrogen) atoms. The van der Waals surface area contributed by atoms with Crippen molar-refractivity contribution in [3.05, 3.63) is 53.6 Å². The number of para-hydroxylation sites is 2. The Hall–Kier alpha value is -2.37. The molecule has 3 aromatic rings. The molecule has 0 amide bonds. The first kappa shape index (κ1) is 13.6. The maximum Gasteiger partial charge on any atom is 0.239 e. The average Bonchev–Trinajstić information content (AvgIpc) is 2.54. The van der Waals surface area contributed by atoms with Gasteiger partial charge in [0, 0.05) is 18.1 Å². The highest BCUT2D eigenvalue weighted by atomic mass is 35.5. The standard InChI is InChI=1S/C15H14ClN5/c1-21(10-6-3-2-4-7-10)14-11-8-5-9-12(16)13(11)18-15(19-14)20-17/h2-9H,17H2,1H3,(H,18,19,20). The maximum atomic E-state index is 6.23. The van der Waals surface area contributed by atoms with Crippen LogP contribution in [0.1, 0.15) is 0 Å². The van der Waals surface area contributed by atoms with Gasteiger partial charge >= 0.3 is 0 Å². The van der Waals surface area contributed by atoms with E-state index in [2.05, 4.69) is 15.4 Å². The highest BCUT2D eigenvalue weighted by molar-refractivity contribution is 6.35. The van der Waals surface area contributed by atoms with Crippen molar-refractivity contribution in [1.29, 1.82) is 0 Å². The largest absolute Gasteiger partial charge is 0.329 e. The molecule has 0 saturated carbocycles. The molecule has 5 nitrogen and oxygen atoms in total. The zero-order valence-electron chi connectivity index (χ0n) is 11.4. The smallest absolute Gasteiger partial charge is 0.239 e. The maximum absolute atomic E-state index is 6.23. The summed E-state index contributed by atoms with van der Waals surface area (Å²) in [6.07, 6.45) is 0. The molecule has 0 radical (unpaired) electrons. The van der Waals surface area contributed by atoms with Crippen molar-refractivity contribution in [2.75, 3.05) is 17.4 Å². The fraction of sp³-hybridized carbons (Fsp3) is 0.0667. The molecule has 3 N–H and O–H groups in total. The molecule has 106 valence electrons. The number of benzene rings is 2. The van der Waals surface area contributed by atoms with Crippen molar-refractivity contribution < 1.29 is 0 Å². The van der Waals surface area contributed by atoms with Crippen molar-refractivity contribution >= 4 is 40.0 Å². The van der Waals surface area contributed by atoms with E-state index in [0.717, 1.165) is 16.9 Å². The first-order chi connectivity index (χ1) is 10.2. The predicted molar refractivity (Wildman–Crippen MR) is 86.9 cm³/mol. The molecule has 6 heteroatoms. The molecular weight excluding hydrogens is 286 g/mol. The Kier molecular flexibility index (Phi) is 3.60. The van der Waals surface area contributed by atoms with Crippen molar-refractivity contribution in [3.63, 3.8) is 0 Å². The number of aromatic nitrogens is 2. The van der Waals surface area contributed by atoms with Gasteiger partial charge in [-0.1, -0.05) is 35.9 Å². The summed E-state index contributed by atoms with van der Waals surface area (Å²) in [4.78, 5) is 10.8. The Morgan fingerprint density at radius 3 is 2.52 bits per heavy atom. The molecule has 3 rings (SSSR count). The number of hydrazine groups is 1. The average molecular weight is 300 g/mol. The molecule has 0 aliphatic rings. The second-order valence-corrected chi connectivity index (χ2v) is 4.95. The van der Waals surface area contributed by atoms with Crippen LogP contribution in [0.3, 0.4) is 0 Å². The number of nitrogens with one attached hydrogen (secondary N) is 1. The lowest BCUT2D eigenvalue weighted by Crippen LogP contribution is -2.16. The van der Waals surface area contributed by atoms with Gasteiger partial charge in [0.2, 0.25) is 5.95 Å². The second-order valence-electron chi connectivity index (χ2n) is 4.55. The number of nitrogens with zero attached hydrogens (tertiary/aromatic N) is 3. The van der Waals surface area contributed by atoms with Crippen LogP contribution in [-0.4, -0.2) is 17.0 Å². The molecule has 0 aliphatic heterocycles. The number of hydrogen-bond acceptors (Lipinski definition) is 5. The third kappa shape index (κ3) is 2.49. The van der Waals surface area contributed by atoms with E-state index in [9.17, 15) is 0 Å². The van der Waals surface area contributed by atoms with E-state index in [-0.39, 0.29) is 0 Å². The number of nitrogen functional groups attached to an aromatic ring is 1. The predicted octanol–water partition coefficient (Wildman–Crippen LogP) is 3.34. The molecule has 0 bridgehead atoms. The number of hydrogen-bond donors (Lipinski definition) is 2. The van der Waals surface area contributed by atoms with Gasteiger partial charge in [-0.05, 0) is 24.3 Å². The van der Waals surface area contributed by atoms with Crippen LogP contribution in [-0.2, 0) is 0 Å². The summed E-state index contributed by atoms with van der Waals surface area (Å²) in [6, 6.07) is 15.6. The summed E-state index contributed by atoms with van der Waals surface area (Å²) in [5.41, 5.74) is 4.17. The van der Waals surface area contributed by atoms with Gasteiger partial charge in [0.1, 0.15) is 5.82 Å². The Bertz CT molecular complexity index is 776. The van der Waals surface area contributed by atoms with Crippen LogP contribution >= 0.6 is 11.6 Å². The summed E-state index contributed by atoms with van der Waals surface area (Å²) in [6.45, 7) is 0. The SMILES string of the molecule is CN(c1ccccc1)c1nc(NN)nc2c(Cl)cccc12. The van der Waals surface area contributed by atoms with Crippen LogP contribution in [0.5, 0.6) is 0 Å². The number of halogens is 1. The minimum absolute atomic E-state index is 0.327. The lowest BCUT2D eigenvalue weighted by molar-refractivity contribution is 1.09. The molecule has 0 atom stereocenters. The van der Waals surface area contributed by atoms with Gasteiger partial charge in [-0.3, -0.25) is 5.43 Å². The third-order valence-electron chi connectivity index (χ3n) is 3.25. The first-order valence-corrected chi connectivity index (χ1v) is 6.80. The quantitative estimate of drug-likeness (QED) is 0.573. The van der Waals surface area contributed by atoms with Crippen molar-refractivity contribution in [2.24, 2.45) is 5.84 Å². The summed E-state index contributed by atoms with van der Waals surface area (Å²) >= 11 is 6.23. The Labute approximate surface area is 127 Å². The van der Waals surface area contributed by atoms with E-state index in [1.807, 2.05) is 54.4 Å². The van der Waals surface area contributed by atoms with Crippen molar-refractivity contribution in [2.45, 2.75) is 0 Å². The van der Waals surface area contributed by atoms with Gasteiger partial charge in [-0.15, -0.1) is 0 Å². The lowest BCUT2D eigenvalue weighted by Gasteiger charge is -2.20. The molecule has 0 saturated heterocycles. The van der Waals surface area contributed by atoms with Gasteiger partial charge in [0.25, 0.3) is 0 Å². The number of rotatable bonds is 3. The molecule has 0 aliphatic carbocycles. The number of nitrogens with two attached hydrogens (primary N) is 1. The molecule has 1 heterocycles. The summed E-state index contributed by atoms with van der Waals surface area (Å²) in [5, 5.41) is 1.43. The highest BCUT2D eigenvalue weighted by Crippen LogP contribution is 2.32. The zero-order chi connectivity index (χ0) is 14.8. The summed E-state index contributed by atoms with van der Waals surface area (Å²) < 4.78 is 0. The van der Waals surface area contributed by atoms with E-state index in [1.165, 1.54) is 0 Å². The number of fused-ring (bicyclic) bond motifs is 1. The van der Waals surface area contributed by atoms with Gasteiger partial charge in [-0.2, -0.15) is 4.98 Å². The van der Waals surface area contributed by atoms with Gasteiger partial charge in [0.15, 0.2) is 0 Å². The topological polar surface area (TPSA) is 67.1 Å². The Morgan fingerprint density at radius 1 is 1.05 bits per heavy atom. The van der Waals surface area contributed by atoms with Crippen molar-refractivity contribution in [1.82, 2.24) is 9.97 Å². The second kappa shape index (κ2) is 5.55. The minimum Gasteiger partial charge on any atom is -0.329 e. The van der Waals surface area contributed by atoms with E-state index in [4.69, 9.17) is 17.4 Å². The highest BCUT2D eigenvalue weighted by Gasteiger charge is 2.14. The van der Waals surface area contributed by atoms with Crippen LogP contribution in [0.2, 0.25) is 5.02 Å². The van der Waals surface area contributed by atoms with E-state index in [1.54, 1.807) is 6.07 Å². The molecule has 0 spiro atoms. The molecular formula is C15H14ClN5. The van der Waals surface area contributed by atoms with Crippen LogP contribution in [0.4, 0.5) is 17.5 Å². The minimum atomic E-state index is 0.327.